The quantitative estimate of drug-likeness (QED) is 0.500. The van der Waals surface area contributed by atoms with Gasteiger partial charge in [-0.2, -0.15) is 0 Å². The van der Waals surface area contributed by atoms with E-state index in [0.717, 1.165) is 27.6 Å². The summed E-state index contributed by atoms with van der Waals surface area (Å²) in [6.45, 7) is 2.48. The number of fused-ring (bicyclic) bond motifs is 2. The summed E-state index contributed by atoms with van der Waals surface area (Å²) in [6.07, 6.45) is 1.92. The Morgan fingerprint density at radius 2 is 1.69 bits per heavy atom. The minimum Gasteiger partial charge on any atom is -0.361 e. The van der Waals surface area contributed by atoms with Crippen molar-refractivity contribution < 1.29 is 9.59 Å². The van der Waals surface area contributed by atoms with Gasteiger partial charge in [0.2, 0.25) is 5.91 Å². The number of aromatic nitrogens is 1. The molecule has 5 nitrogen and oxygen atoms in total. The lowest BCUT2D eigenvalue weighted by atomic mass is 9.79. The normalized spacial score (nSPS) is 17.9. The smallest absolute Gasteiger partial charge is 0.254 e. The van der Waals surface area contributed by atoms with Gasteiger partial charge < -0.3 is 15.2 Å². The first kappa shape index (κ1) is 20.1. The SMILES string of the molecule is Cc1ccc(CNC(=O)C2c3ccccc3C(=O)N(C)C2c2c[nH]c3ccccc23)cc1. The number of aryl methyl sites for hydroxylation is 1. The van der Waals surface area contributed by atoms with Crippen LogP contribution in [0.4, 0.5) is 0 Å². The lowest BCUT2D eigenvalue weighted by Crippen LogP contribution is -2.45. The molecule has 1 aromatic heterocycles. The number of rotatable bonds is 4. The number of nitrogens with one attached hydrogen (secondary N) is 2. The van der Waals surface area contributed by atoms with Crippen LogP contribution in [0.25, 0.3) is 10.9 Å². The highest BCUT2D eigenvalue weighted by atomic mass is 16.2. The van der Waals surface area contributed by atoms with E-state index in [1.165, 1.54) is 5.56 Å². The maximum Gasteiger partial charge on any atom is 0.254 e. The minimum absolute atomic E-state index is 0.0709. The molecule has 2 unspecified atom stereocenters. The molecule has 160 valence electrons. The van der Waals surface area contributed by atoms with E-state index in [1.54, 1.807) is 18.0 Å². The van der Waals surface area contributed by atoms with Crippen molar-refractivity contribution >= 4 is 22.7 Å². The molecule has 5 rings (SSSR count). The van der Waals surface area contributed by atoms with Crippen LogP contribution in [0.1, 0.15) is 44.6 Å². The van der Waals surface area contributed by atoms with Crippen LogP contribution in [0.15, 0.2) is 79.0 Å². The van der Waals surface area contributed by atoms with Gasteiger partial charge in [0.25, 0.3) is 5.91 Å². The van der Waals surface area contributed by atoms with Crippen LogP contribution in [0.3, 0.4) is 0 Å². The van der Waals surface area contributed by atoms with Gasteiger partial charge in [-0.1, -0.05) is 66.2 Å². The molecule has 0 aliphatic carbocycles. The third-order valence-corrected chi connectivity index (χ3v) is 6.39. The van der Waals surface area contributed by atoms with E-state index >= 15 is 0 Å². The zero-order valence-electron chi connectivity index (χ0n) is 18.1. The molecule has 1 aliphatic rings. The first-order chi connectivity index (χ1) is 15.5. The van der Waals surface area contributed by atoms with E-state index < -0.39 is 12.0 Å². The Morgan fingerprint density at radius 1 is 0.969 bits per heavy atom. The van der Waals surface area contributed by atoms with Crippen LogP contribution in [-0.2, 0) is 11.3 Å². The second-order valence-corrected chi connectivity index (χ2v) is 8.42. The summed E-state index contributed by atoms with van der Waals surface area (Å²) in [7, 11) is 1.78. The van der Waals surface area contributed by atoms with Crippen LogP contribution in [0, 0.1) is 6.92 Å². The highest BCUT2D eigenvalue weighted by molar-refractivity contribution is 6.02. The Hall–Kier alpha value is -3.86. The average Bonchev–Trinajstić information content (AvgIpc) is 3.24. The molecule has 2 N–H and O–H groups in total. The molecular weight excluding hydrogens is 398 g/mol. The number of H-pyrrole nitrogens is 1. The fourth-order valence-electron chi connectivity index (χ4n) is 4.69. The number of amides is 2. The van der Waals surface area contributed by atoms with Gasteiger partial charge in [-0.15, -0.1) is 0 Å². The molecule has 0 saturated heterocycles. The predicted octanol–water partition coefficient (Wildman–Crippen LogP) is 4.70. The number of carbonyl (C=O) groups is 2. The molecule has 2 amide bonds. The highest BCUT2D eigenvalue weighted by Gasteiger charge is 2.43. The standard InChI is InChI=1S/C27H25N3O2/c1-17-11-13-18(14-12-17)15-29-26(31)24-20-8-3-4-9-21(20)27(32)30(2)25(24)22-16-28-23-10-6-5-7-19(22)23/h3-14,16,24-25,28H,15H2,1-2H3,(H,29,31). The topological polar surface area (TPSA) is 65.2 Å². The Kier molecular flexibility index (Phi) is 5.02. The second kappa shape index (κ2) is 8.00. The first-order valence-electron chi connectivity index (χ1n) is 10.8. The molecule has 2 heterocycles. The third-order valence-electron chi connectivity index (χ3n) is 6.39. The van der Waals surface area contributed by atoms with Crippen molar-refractivity contribution in [3.63, 3.8) is 0 Å². The van der Waals surface area contributed by atoms with Crippen molar-refractivity contribution in [2.75, 3.05) is 7.05 Å². The molecule has 5 heteroatoms. The number of likely N-dealkylation sites (N-methyl/N-ethyl adjacent to an activating group) is 1. The van der Waals surface area contributed by atoms with Gasteiger partial charge in [0, 0.05) is 41.8 Å². The van der Waals surface area contributed by atoms with E-state index in [4.69, 9.17) is 0 Å². The minimum atomic E-state index is -0.515. The maximum absolute atomic E-state index is 13.6. The maximum atomic E-state index is 13.6. The van der Waals surface area contributed by atoms with Crippen molar-refractivity contribution in [1.29, 1.82) is 0 Å². The van der Waals surface area contributed by atoms with Gasteiger partial charge in [0.05, 0.1) is 12.0 Å². The lowest BCUT2D eigenvalue weighted by Gasteiger charge is -2.39. The lowest BCUT2D eigenvalue weighted by molar-refractivity contribution is -0.124. The van der Waals surface area contributed by atoms with Crippen molar-refractivity contribution in [2.24, 2.45) is 0 Å². The van der Waals surface area contributed by atoms with E-state index in [1.807, 2.05) is 79.9 Å². The van der Waals surface area contributed by atoms with Gasteiger partial charge in [-0.25, -0.2) is 0 Å². The first-order valence-corrected chi connectivity index (χ1v) is 10.8. The fraction of sp³-hybridized carbons (Fsp3) is 0.185. The number of hydrogen-bond donors (Lipinski definition) is 2. The van der Waals surface area contributed by atoms with Crippen molar-refractivity contribution in [3.05, 3.63) is 107 Å². The van der Waals surface area contributed by atoms with E-state index in [2.05, 4.69) is 10.3 Å². The van der Waals surface area contributed by atoms with Crippen LogP contribution in [0.5, 0.6) is 0 Å². The van der Waals surface area contributed by atoms with Crippen LogP contribution in [0.2, 0.25) is 0 Å². The van der Waals surface area contributed by atoms with Crippen molar-refractivity contribution in [1.82, 2.24) is 15.2 Å². The van der Waals surface area contributed by atoms with Gasteiger partial charge in [0.15, 0.2) is 0 Å². The summed E-state index contributed by atoms with van der Waals surface area (Å²) in [5.74, 6) is -0.676. The molecule has 3 aromatic carbocycles. The highest BCUT2D eigenvalue weighted by Crippen LogP contribution is 2.44. The fourth-order valence-corrected chi connectivity index (χ4v) is 4.69. The number of para-hydroxylation sites is 1. The summed E-state index contributed by atoms with van der Waals surface area (Å²) in [5, 5.41) is 4.14. The Balaban J connectivity index is 1.56. The summed E-state index contributed by atoms with van der Waals surface area (Å²) < 4.78 is 0. The Bertz CT molecular complexity index is 1310. The number of aromatic amines is 1. The number of benzene rings is 3. The molecule has 4 aromatic rings. The monoisotopic (exact) mass is 423 g/mol. The molecule has 0 radical (unpaired) electrons. The molecule has 0 spiro atoms. The van der Waals surface area contributed by atoms with Crippen LogP contribution < -0.4 is 5.32 Å². The van der Waals surface area contributed by atoms with Crippen LogP contribution >= 0.6 is 0 Å². The molecule has 0 saturated carbocycles. The summed E-state index contributed by atoms with van der Waals surface area (Å²) >= 11 is 0. The molecule has 0 bridgehead atoms. The van der Waals surface area contributed by atoms with Gasteiger partial charge in [-0.05, 0) is 30.2 Å². The Labute approximate surface area is 187 Å². The van der Waals surface area contributed by atoms with Crippen molar-refractivity contribution in [3.8, 4) is 0 Å². The number of hydrogen-bond acceptors (Lipinski definition) is 2. The van der Waals surface area contributed by atoms with E-state index in [0.29, 0.717) is 12.1 Å². The molecule has 1 aliphatic heterocycles. The predicted molar refractivity (Wildman–Crippen MR) is 125 cm³/mol. The van der Waals surface area contributed by atoms with Crippen LogP contribution in [-0.4, -0.2) is 28.7 Å². The summed E-state index contributed by atoms with van der Waals surface area (Å²) in [5.41, 5.74) is 5.51. The molecule has 0 fully saturated rings. The second-order valence-electron chi connectivity index (χ2n) is 8.42. The molecular formula is C27H25N3O2. The molecule has 2 atom stereocenters. The zero-order chi connectivity index (χ0) is 22.2. The van der Waals surface area contributed by atoms with Gasteiger partial charge >= 0.3 is 0 Å². The summed E-state index contributed by atoms with van der Waals surface area (Å²) in [4.78, 5) is 31.9. The molecule has 32 heavy (non-hydrogen) atoms. The van der Waals surface area contributed by atoms with E-state index in [9.17, 15) is 9.59 Å². The summed E-state index contributed by atoms with van der Waals surface area (Å²) in [6, 6.07) is 23.1. The number of nitrogens with zero attached hydrogens (tertiary/aromatic N) is 1. The van der Waals surface area contributed by atoms with Crippen molar-refractivity contribution in [2.45, 2.75) is 25.4 Å². The average molecular weight is 424 g/mol. The van der Waals surface area contributed by atoms with E-state index in [-0.39, 0.29) is 11.8 Å². The Morgan fingerprint density at radius 3 is 2.50 bits per heavy atom. The largest absolute Gasteiger partial charge is 0.361 e. The zero-order valence-corrected chi connectivity index (χ0v) is 18.1. The van der Waals surface area contributed by atoms with Gasteiger partial charge in [-0.3, -0.25) is 9.59 Å². The number of carbonyl (C=O) groups excluding carboxylic acids is 2. The third kappa shape index (κ3) is 3.36. The van der Waals surface area contributed by atoms with Gasteiger partial charge in [0.1, 0.15) is 0 Å².